The molecular formula is C16H16Cl2FNO. The van der Waals surface area contributed by atoms with Crippen LogP contribution in [0, 0.1) is 5.82 Å². The average Bonchev–Trinajstić information content (AvgIpc) is 2.45. The fourth-order valence-electron chi connectivity index (χ4n) is 1.89. The van der Waals surface area contributed by atoms with Gasteiger partial charge >= 0.3 is 0 Å². The topological polar surface area (TPSA) is 21.3 Å². The van der Waals surface area contributed by atoms with Crippen LogP contribution in [0.15, 0.2) is 36.4 Å². The van der Waals surface area contributed by atoms with Gasteiger partial charge in [0.05, 0.1) is 0 Å². The fraction of sp³-hybridized carbons (Fsp3) is 0.250. The Kier molecular flexibility index (Phi) is 5.85. The summed E-state index contributed by atoms with van der Waals surface area (Å²) in [5, 5.41) is 4.31. The third-order valence-electron chi connectivity index (χ3n) is 2.91. The van der Waals surface area contributed by atoms with Crippen molar-refractivity contribution in [2.24, 2.45) is 0 Å². The van der Waals surface area contributed by atoms with Gasteiger partial charge < -0.3 is 10.1 Å². The second-order valence-electron chi connectivity index (χ2n) is 4.60. The molecule has 0 aliphatic carbocycles. The summed E-state index contributed by atoms with van der Waals surface area (Å²) in [6.45, 7) is 3.66. The highest BCUT2D eigenvalue weighted by molar-refractivity contribution is 6.33. The number of rotatable bonds is 6. The van der Waals surface area contributed by atoms with E-state index in [-0.39, 0.29) is 12.4 Å². The highest BCUT2D eigenvalue weighted by Crippen LogP contribution is 2.23. The summed E-state index contributed by atoms with van der Waals surface area (Å²) in [7, 11) is 0. The molecule has 0 saturated heterocycles. The third-order valence-corrected chi connectivity index (χ3v) is 3.52. The van der Waals surface area contributed by atoms with E-state index in [0.717, 1.165) is 17.7 Å². The first kappa shape index (κ1) is 16.1. The van der Waals surface area contributed by atoms with Crippen LogP contribution in [0.1, 0.15) is 18.1 Å². The molecule has 21 heavy (non-hydrogen) atoms. The van der Waals surface area contributed by atoms with E-state index < -0.39 is 0 Å². The van der Waals surface area contributed by atoms with Gasteiger partial charge in [0.1, 0.15) is 18.2 Å². The molecular weight excluding hydrogens is 312 g/mol. The highest BCUT2D eigenvalue weighted by Gasteiger charge is 2.05. The monoisotopic (exact) mass is 327 g/mol. The fourth-order valence-corrected chi connectivity index (χ4v) is 2.26. The van der Waals surface area contributed by atoms with Gasteiger partial charge in [-0.1, -0.05) is 30.1 Å². The Morgan fingerprint density at radius 1 is 1.14 bits per heavy atom. The normalized spacial score (nSPS) is 10.7. The summed E-state index contributed by atoms with van der Waals surface area (Å²) in [5.74, 6) is 0.150. The molecule has 0 aromatic heterocycles. The summed E-state index contributed by atoms with van der Waals surface area (Å²) < 4.78 is 19.2. The molecule has 2 nitrogen and oxygen atoms in total. The first-order valence-corrected chi connectivity index (χ1v) is 7.41. The predicted molar refractivity (Wildman–Crippen MR) is 84.6 cm³/mol. The van der Waals surface area contributed by atoms with Crippen LogP contribution >= 0.6 is 23.2 Å². The predicted octanol–water partition coefficient (Wildman–Crippen LogP) is 4.82. The van der Waals surface area contributed by atoms with Crippen molar-refractivity contribution in [3.8, 4) is 5.75 Å². The summed E-state index contributed by atoms with van der Waals surface area (Å²) >= 11 is 12.0. The van der Waals surface area contributed by atoms with Crippen molar-refractivity contribution in [1.82, 2.24) is 5.32 Å². The van der Waals surface area contributed by atoms with E-state index in [4.69, 9.17) is 27.9 Å². The Morgan fingerprint density at radius 2 is 1.95 bits per heavy atom. The van der Waals surface area contributed by atoms with Crippen LogP contribution in [0.5, 0.6) is 5.75 Å². The van der Waals surface area contributed by atoms with Gasteiger partial charge in [0, 0.05) is 28.2 Å². The largest absolute Gasteiger partial charge is 0.489 e. The molecule has 0 spiro atoms. The molecule has 0 aliphatic heterocycles. The lowest BCUT2D eigenvalue weighted by Crippen LogP contribution is -2.12. The number of hydrogen-bond donors (Lipinski definition) is 1. The lowest BCUT2D eigenvalue weighted by Gasteiger charge is -2.10. The zero-order valence-corrected chi connectivity index (χ0v) is 13.1. The number of ether oxygens (including phenoxy) is 1. The van der Waals surface area contributed by atoms with Crippen molar-refractivity contribution in [3.63, 3.8) is 0 Å². The van der Waals surface area contributed by atoms with E-state index >= 15 is 0 Å². The molecule has 0 amide bonds. The Balaban J connectivity index is 2.08. The molecule has 5 heteroatoms. The maximum atomic E-state index is 13.6. The van der Waals surface area contributed by atoms with Gasteiger partial charge in [0.25, 0.3) is 0 Å². The Labute approximate surface area is 133 Å². The first-order valence-electron chi connectivity index (χ1n) is 6.65. The minimum absolute atomic E-state index is 0.240. The Bertz CT molecular complexity index is 619. The van der Waals surface area contributed by atoms with Crippen molar-refractivity contribution in [2.75, 3.05) is 6.54 Å². The smallest absolute Gasteiger partial charge is 0.127 e. The number of benzene rings is 2. The molecule has 2 rings (SSSR count). The quantitative estimate of drug-likeness (QED) is 0.821. The lowest BCUT2D eigenvalue weighted by atomic mass is 10.2. The van der Waals surface area contributed by atoms with Gasteiger partial charge in [0.15, 0.2) is 0 Å². The molecule has 0 fully saturated rings. The minimum Gasteiger partial charge on any atom is -0.489 e. The van der Waals surface area contributed by atoms with Crippen LogP contribution in [0.4, 0.5) is 4.39 Å². The van der Waals surface area contributed by atoms with Gasteiger partial charge in [-0.2, -0.15) is 0 Å². The molecule has 2 aromatic rings. The van der Waals surface area contributed by atoms with Crippen LogP contribution in [-0.4, -0.2) is 6.54 Å². The lowest BCUT2D eigenvalue weighted by molar-refractivity contribution is 0.304. The van der Waals surface area contributed by atoms with Crippen molar-refractivity contribution in [1.29, 1.82) is 0 Å². The van der Waals surface area contributed by atoms with Gasteiger partial charge in [0.2, 0.25) is 0 Å². The molecule has 1 N–H and O–H groups in total. The average molecular weight is 328 g/mol. The highest BCUT2D eigenvalue weighted by atomic mass is 35.5. The zero-order chi connectivity index (χ0) is 15.2. The van der Waals surface area contributed by atoms with Gasteiger partial charge in [-0.3, -0.25) is 0 Å². The van der Waals surface area contributed by atoms with E-state index in [1.807, 2.05) is 13.0 Å². The molecule has 0 heterocycles. The third kappa shape index (κ3) is 4.88. The van der Waals surface area contributed by atoms with Crippen LogP contribution in [0.3, 0.4) is 0 Å². The molecule has 2 aromatic carbocycles. The van der Waals surface area contributed by atoms with Crippen molar-refractivity contribution in [3.05, 3.63) is 63.4 Å². The second kappa shape index (κ2) is 7.64. The maximum absolute atomic E-state index is 13.6. The SMILES string of the molecule is CCNCc1cc(F)cc(OCc2cc(Cl)ccc2Cl)c1. The molecule has 0 atom stereocenters. The minimum atomic E-state index is -0.322. The van der Waals surface area contributed by atoms with Crippen LogP contribution < -0.4 is 10.1 Å². The Hall–Kier alpha value is -1.29. The molecule has 0 aliphatic rings. The van der Waals surface area contributed by atoms with Crippen LogP contribution in [0.25, 0.3) is 0 Å². The summed E-state index contributed by atoms with van der Waals surface area (Å²) in [6, 6.07) is 9.82. The van der Waals surface area contributed by atoms with E-state index in [0.29, 0.717) is 22.3 Å². The van der Waals surface area contributed by atoms with Crippen molar-refractivity contribution >= 4 is 23.2 Å². The van der Waals surface area contributed by atoms with Crippen molar-refractivity contribution in [2.45, 2.75) is 20.1 Å². The van der Waals surface area contributed by atoms with Gasteiger partial charge in [-0.05, 0) is 42.4 Å². The van der Waals surface area contributed by atoms with Gasteiger partial charge in [-0.15, -0.1) is 0 Å². The second-order valence-corrected chi connectivity index (χ2v) is 5.44. The van der Waals surface area contributed by atoms with E-state index in [1.165, 1.54) is 12.1 Å². The summed E-state index contributed by atoms with van der Waals surface area (Å²) in [6.07, 6.45) is 0. The maximum Gasteiger partial charge on any atom is 0.127 e. The molecule has 0 saturated carbocycles. The summed E-state index contributed by atoms with van der Waals surface area (Å²) in [4.78, 5) is 0. The number of nitrogens with one attached hydrogen (secondary N) is 1. The van der Waals surface area contributed by atoms with E-state index in [9.17, 15) is 4.39 Å². The number of halogens is 3. The zero-order valence-electron chi connectivity index (χ0n) is 11.6. The van der Waals surface area contributed by atoms with E-state index in [1.54, 1.807) is 18.2 Å². The number of hydrogen-bond acceptors (Lipinski definition) is 2. The molecule has 0 bridgehead atoms. The Morgan fingerprint density at radius 3 is 2.71 bits per heavy atom. The van der Waals surface area contributed by atoms with Crippen LogP contribution in [-0.2, 0) is 13.2 Å². The van der Waals surface area contributed by atoms with Gasteiger partial charge in [-0.25, -0.2) is 4.39 Å². The van der Waals surface area contributed by atoms with Crippen LogP contribution in [0.2, 0.25) is 10.0 Å². The van der Waals surface area contributed by atoms with E-state index in [2.05, 4.69) is 5.32 Å². The molecule has 0 unspecified atom stereocenters. The first-order chi connectivity index (χ1) is 10.1. The van der Waals surface area contributed by atoms with Crippen molar-refractivity contribution < 1.29 is 9.13 Å². The summed E-state index contributed by atoms with van der Waals surface area (Å²) in [5.41, 5.74) is 1.60. The standard InChI is InChI=1S/C16H16Cl2FNO/c1-2-20-9-11-5-14(19)8-15(6-11)21-10-12-7-13(17)3-4-16(12)18/h3-8,20H,2,9-10H2,1H3. The molecule has 112 valence electrons. The molecule has 0 radical (unpaired) electrons.